The van der Waals surface area contributed by atoms with Crippen LogP contribution in [0.1, 0.15) is 0 Å². The van der Waals surface area contributed by atoms with E-state index < -0.39 is 26.4 Å². The standard InChI is InChI=1S/C19H16FN4O4S/c1-3-19(25)24(2,26)18-12-16(13-8-10-14(20)11-9-13)23(22-18)15-6-4-5-7-17(15)29(21,27)28/h1,4-12,26H,2H3,(H2,21,27,28)/q+1. The van der Waals surface area contributed by atoms with Crippen molar-refractivity contribution in [2.45, 2.75) is 4.90 Å². The number of para-hydroxylation sites is 1. The van der Waals surface area contributed by atoms with Gasteiger partial charge in [0, 0.05) is 11.5 Å². The molecule has 0 saturated carbocycles. The van der Waals surface area contributed by atoms with Crippen LogP contribution in [-0.4, -0.2) is 36.4 Å². The summed E-state index contributed by atoms with van der Waals surface area (Å²) in [7, 11) is -3.00. The van der Waals surface area contributed by atoms with E-state index in [0.717, 1.165) is 7.05 Å². The summed E-state index contributed by atoms with van der Waals surface area (Å²) in [6.45, 7) is 0. The highest BCUT2D eigenvalue weighted by Gasteiger charge is 2.36. The first-order valence-corrected chi connectivity index (χ1v) is 9.69. The van der Waals surface area contributed by atoms with Gasteiger partial charge >= 0.3 is 5.91 Å². The Hall–Kier alpha value is -3.36. The van der Waals surface area contributed by atoms with Crippen LogP contribution < -0.4 is 9.79 Å². The molecular formula is C19H16FN4O4S+. The molecule has 3 rings (SSSR count). The van der Waals surface area contributed by atoms with Crippen molar-refractivity contribution in [3.8, 4) is 29.3 Å². The topological polar surface area (TPSA) is 115 Å². The highest BCUT2D eigenvalue weighted by atomic mass is 32.2. The smallest absolute Gasteiger partial charge is 0.226 e. The van der Waals surface area contributed by atoms with Crippen LogP contribution in [0, 0.1) is 18.2 Å². The molecule has 0 spiro atoms. The zero-order valence-electron chi connectivity index (χ0n) is 15.2. The number of nitrogens with zero attached hydrogens (tertiary/aromatic N) is 3. The van der Waals surface area contributed by atoms with Crippen molar-refractivity contribution < 1.29 is 22.8 Å². The molecule has 1 aromatic heterocycles. The summed E-state index contributed by atoms with van der Waals surface area (Å²) in [5, 5.41) is 20.0. The van der Waals surface area contributed by atoms with Gasteiger partial charge < -0.3 is 0 Å². The second-order valence-electron chi connectivity index (χ2n) is 6.23. The number of benzene rings is 2. The Morgan fingerprint density at radius 1 is 1.24 bits per heavy atom. The number of amides is 1. The van der Waals surface area contributed by atoms with Crippen LogP contribution in [0.25, 0.3) is 16.9 Å². The summed E-state index contributed by atoms with van der Waals surface area (Å²) in [6.07, 6.45) is 5.11. The van der Waals surface area contributed by atoms with Gasteiger partial charge in [-0.3, -0.25) is 0 Å². The molecule has 148 valence electrons. The molecular weight excluding hydrogens is 399 g/mol. The van der Waals surface area contributed by atoms with Crippen molar-refractivity contribution in [1.82, 2.24) is 14.4 Å². The summed E-state index contributed by atoms with van der Waals surface area (Å²) >= 11 is 0. The van der Waals surface area contributed by atoms with Crippen LogP contribution in [0.3, 0.4) is 0 Å². The zero-order valence-corrected chi connectivity index (χ0v) is 16.0. The highest BCUT2D eigenvalue weighted by molar-refractivity contribution is 7.89. The summed E-state index contributed by atoms with van der Waals surface area (Å²) in [5.41, 5.74) is 0.801. The number of carbonyl (C=O) groups is 1. The van der Waals surface area contributed by atoms with Crippen molar-refractivity contribution in [3.05, 3.63) is 60.4 Å². The molecule has 8 nitrogen and oxygen atoms in total. The Kier molecular flexibility index (Phi) is 5.08. The number of hydroxylamine groups is 2. The third-order valence-corrected chi connectivity index (χ3v) is 5.16. The second kappa shape index (κ2) is 7.23. The lowest BCUT2D eigenvalue weighted by Gasteiger charge is -2.15. The Balaban J connectivity index is 2.34. The predicted molar refractivity (Wildman–Crippen MR) is 104 cm³/mol. The Morgan fingerprint density at radius 2 is 1.86 bits per heavy atom. The van der Waals surface area contributed by atoms with E-state index in [4.69, 9.17) is 11.6 Å². The number of terminal acetylenes is 1. The summed E-state index contributed by atoms with van der Waals surface area (Å²) in [6, 6.07) is 12.4. The Morgan fingerprint density at radius 3 is 2.45 bits per heavy atom. The number of hydrogen-bond donors (Lipinski definition) is 2. The minimum absolute atomic E-state index is 0.0775. The minimum Gasteiger partial charge on any atom is -0.226 e. The van der Waals surface area contributed by atoms with Crippen LogP contribution in [0.2, 0.25) is 0 Å². The average Bonchev–Trinajstić information content (AvgIpc) is 3.13. The number of quaternary nitrogens is 1. The van der Waals surface area contributed by atoms with Gasteiger partial charge in [0.1, 0.15) is 17.8 Å². The monoisotopic (exact) mass is 415 g/mol. The summed E-state index contributed by atoms with van der Waals surface area (Å²) in [5.74, 6) is 0.191. The molecule has 10 heteroatoms. The van der Waals surface area contributed by atoms with Crippen LogP contribution in [0.4, 0.5) is 10.2 Å². The van der Waals surface area contributed by atoms with Crippen LogP contribution in [0.5, 0.6) is 0 Å². The number of halogens is 1. The number of carbonyl (C=O) groups excluding carboxylic acids is 1. The molecule has 3 N–H and O–H groups in total. The predicted octanol–water partition coefficient (Wildman–Crippen LogP) is 1.81. The van der Waals surface area contributed by atoms with Crippen LogP contribution in [0.15, 0.2) is 59.5 Å². The molecule has 1 unspecified atom stereocenters. The quantitative estimate of drug-likeness (QED) is 0.292. The van der Waals surface area contributed by atoms with Gasteiger partial charge in [0.05, 0.1) is 17.4 Å². The van der Waals surface area contributed by atoms with Gasteiger partial charge in [-0.25, -0.2) is 32.6 Å². The molecule has 0 bridgehead atoms. The normalized spacial score (nSPS) is 13.5. The van der Waals surface area contributed by atoms with Crippen molar-refractivity contribution in [2.24, 2.45) is 5.14 Å². The van der Waals surface area contributed by atoms with Crippen LogP contribution in [-0.2, 0) is 14.8 Å². The van der Waals surface area contributed by atoms with E-state index in [1.54, 1.807) is 6.07 Å². The van der Waals surface area contributed by atoms with Gasteiger partial charge in [0.15, 0.2) is 0 Å². The third kappa shape index (κ3) is 3.80. The number of primary sulfonamides is 1. The summed E-state index contributed by atoms with van der Waals surface area (Å²) in [4.78, 5) is 11.7. The number of aromatic nitrogens is 2. The Labute approximate surface area is 166 Å². The van der Waals surface area contributed by atoms with Crippen molar-refractivity contribution in [2.75, 3.05) is 7.05 Å². The maximum Gasteiger partial charge on any atom is 0.429 e. The zero-order chi connectivity index (χ0) is 21.4. The highest BCUT2D eigenvalue weighted by Crippen LogP contribution is 2.31. The molecule has 2 aromatic carbocycles. The van der Waals surface area contributed by atoms with Gasteiger partial charge in [-0.1, -0.05) is 16.8 Å². The van der Waals surface area contributed by atoms with Crippen molar-refractivity contribution in [1.29, 1.82) is 0 Å². The largest absolute Gasteiger partial charge is 0.429 e. The van der Waals surface area contributed by atoms with E-state index >= 15 is 0 Å². The third-order valence-electron chi connectivity index (χ3n) is 4.20. The van der Waals surface area contributed by atoms with Crippen molar-refractivity contribution >= 4 is 21.7 Å². The van der Waals surface area contributed by atoms with E-state index in [2.05, 4.69) is 5.10 Å². The van der Waals surface area contributed by atoms with E-state index in [1.807, 2.05) is 5.92 Å². The first-order chi connectivity index (χ1) is 13.6. The fourth-order valence-corrected chi connectivity index (χ4v) is 3.41. The SMILES string of the molecule is C#CC(=O)[N+](C)(O)c1cc(-c2ccc(F)cc2)n(-c2ccccc2S(N)(=O)=O)n1. The van der Waals surface area contributed by atoms with E-state index in [9.17, 15) is 22.8 Å². The van der Waals surface area contributed by atoms with Gasteiger partial charge in [-0.15, -0.1) is 11.5 Å². The first kappa shape index (κ1) is 20.4. The molecule has 0 aliphatic carbocycles. The molecule has 1 atom stereocenters. The molecule has 1 heterocycles. The maximum atomic E-state index is 13.4. The molecule has 0 aliphatic heterocycles. The first-order valence-electron chi connectivity index (χ1n) is 8.15. The second-order valence-corrected chi connectivity index (χ2v) is 7.76. The maximum absolute atomic E-state index is 13.4. The lowest BCUT2D eigenvalue weighted by Crippen LogP contribution is -2.47. The van der Waals surface area contributed by atoms with E-state index in [-0.39, 0.29) is 22.1 Å². The fraction of sp³-hybridized carbons (Fsp3) is 0.0526. The van der Waals surface area contributed by atoms with E-state index in [1.165, 1.54) is 53.2 Å². The number of sulfonamides is 1. The molecule has 0 radical (unpaired) electrons. The lowest BCUT2D eigenvalue weighted by molar-refractivity contribution is -0.149. The fourth-order valence-electron chi connectivity index (χ4n) is 2.69. The van der Waals surface area contributed by atoms with Crippen LogP contribution >= 0.6 is 0 Å². The van der Waals surface area contributed by atoms with Crippen molar-refractivity contribution in [3.63, 3.8) is 0 Å². The number of rotatable bonds is 4. The molecule has 3 aromatic rings. The number of hydrogen-bond acceptors (Lipinski definition) is 5. The molecule has 0 fully saturated rings. The van der Waals surface area contributed by atoms with Gasteiger partial charge in [-0.2, -0.15) is 0 Å². The average molecular weight is 415 g/mol. The number of nitrogens with two attached hydrogens (primary N) is 1. The van der Waals surface area contributed by atoms with Gasteiger partial charge in [0.25, 0.3) is 5.82 Å². The lowest BCUT2D eigenvalue weighted by atomic mass is 10.1. The van der Waals surface area contributed by atoms with Gasteiger partial charge in [0.2, 0.25) is 10.0 Å². The minimum atomic E-state index is -4.12. The molecule has 29 heavy (non-hydrogen) atoms. The Bertz CT molecular complexity index is 1240. The molecule has 0 aliphatic rings. The van der Waals surface area contributed by atoms with Gasteiger partial charge in [-0.05, 0) is 36.4 Å². The molecule has 1 amide bonds. The summed E-state index contributed by atoms with van der Waals surface area (Å²) < 4.78 is 37.3. The molecule has 0 saturated heterocycles. The van der Waals surface area contributed by atoms with E-state index in [0.29, 0.717) is 5.56 Å².